The monoisotopic (exact) mass is 343 g/mol. The summed E-state index contributed by atoms with van der Waals surface area (Å²) in [6.45, 7) is 0.769. The highest BCUT2D eigenvalue weighted by Crippen LogP contribution is 2.37. The second kappa shape index (κ2) is 6.18. The molecule has 1 aromatic rings. The summed E-state index contributed by atoms with van der Waals surface area (Å²) in [4.78, 5) is 14.4. The van der Waals surface area contributed by atoms with Crippen molar-refractivity contribution in [1.29, 1.82) is 0 Å². The number of carbonyl (C=O) groups excluding carboxylic acids is 1. The summed E-state index contributed by atoms with van der Waals surface area (Å²) >= 11 is 0. The normalized spacial score (nSPS) is 32.3. The topological polar surface area (TPSA) is 87.5 Å². The van der Waals surface area contributed by atoms with Crippen LogP contribution in [-0.4, -0.2) is 61.6 Å². The Kier molecular flexibility index (Phi) is 3.99. The van der Waals surface area contributed by atoms with E-state index in [2.05, 4.69) is 0 Å². The molecule has 7 nitrogen and oxygen atoms in total. The van der Waals surface area contributed by atoms with Crippen LogP contribution in [0, 0.1) is 0 Å². The number of hydrogen-bond donors (Lipinski definition) is 3. The van der Waals surface area contributed by atoms with Crippen molar-refractivity contribution < 1.29 is 20.1 Å². The third kappa shape index (κ3) is 2.70. The quantitative estimate of drug-likeness (QED) is 0.701. The average Bonchev–Trinajstić information content (AvgIpc) is 2.61. The molecular formula is C18H21N3O4. The number of nitrogens with zero attached hydrogens (tertiary/aromatic N) is 3. The van der Waals surface area contributed by atoms with Gasteiger partial charge in [-0.2, -0.15) is 5.01 Å². The van der Waals surface area contributed by atoms with Gasteiger partial charge in [-0.05, 0) is 24.5 Å². The molecule has 4 unspecified atom stereocenters. The molecule has 0 saturated carbocycles. The Hall–Kier alpha value is -2.35. The summed E-state index contributed by atoms with van der Waals surface area (Å²) in [7, 11) is 0. The van der Waals surface area contributed by atoms with E-state index in [1.54, 1.807) is 16.1 Å². The standard InChI is InChI=1S/C18H21N3O4/c22-13-6-8-19-11-21(14(10-13)12-4-2-1-3-5-12)20-9-7-15(23)17(24)16(20)18(19)25/h1-5,7,9,13-15,22-24H,6,8,10-11H2. The van der Waals surface area contributed by atoms with Crippen LogP contribution in [0.2, 0.25) is 0 Å². The molecular weight excluding hydrogens is 322 g/mol. The molecule has 3 N–H and O–H groups in total. The van der Waals surface area contributed by atoms with Gasteiger partial charge in [-0.1, -0.05) is 30.3 Å². The van der Waals surface area contributed by atoms with Crippen molar-refractivity contribution in [3.63, 3.8) is 0 Å². The summed E-state index contributed by atoms with van der Waals surface area (Å²) < 4.78 is 0. The van der Waals surface area contributed by atoms with Crippen molar-refractivity contribution in [2.24, 2.45) is 0 Å². The predicted octanol–water partition coefficient (Wildman–Crippen LogP) is 0.859. The van der Waals surface area contributed by atoms with E-state index in [9.17, 15) is 20.1 Å². The maximum absolute atomic E-state index is 12.8. The Labute approximate surface area is 145 Å². The maximum atomic E-state index is 12.8. The predicted molar refractivity (Wildman–Crippen MR) is 89.5 cm³/mol. The average molecular weight is 343 g/mol. The lowest BCUT2D eigenvalue weighted by molar-refractivity contribution is -0.157. The lowest BCUT2D eigenvalue weighted by Gasteiger charge is -2.50. The van der Waals surface area contributed by atoms with E-state index in [0.717, 1.165) is 5.56 Å². The van der Waals surface area contributed by atoms with Gasteiger partial charge in [0.25, 0.3) is 5.91 Å². The summed E-state index contributed by atoms with van der Waals surface area (Å²) in [6.07, 6.45) is 2.35. The first kappa shape index (κ1) is 16.1. The maximum Gasteiger partial charge on any atom is 0.276 e. The molecule has 0 aliphatic carbocycles. The number of amides is 1. The molecule has 3 aliphatic heterocycles. The van der Waals surface area contributed by atoms with E-state index < -0.39 is 12.2 Å². The van der Waals surface area contributed by atoms with Crippen LogP contribution in [0.15, 0.2) is 54.1 Å². The van der Waals surface area contributed by atoms with Gasteiger partial charge < -0.3 is 20.2 Å². The van der Waals surface area contributed by atoms with Gasteiger partial charge in [0, 0.05) is 12.7 Å². The van der Waals surface area contributed by atoms with Crippen molar-refractivity contribution in [3.05, 3.63) is 59.6 Å². The molecule has 2 fully saturated rings. The van der Waals surface area contributed by atoms with Gasteiger partial charge in [0.1, 0.15) is 6.10 Å². The molecule has 25 heavy (non-hydrogen) atoms. The lowest BCUT2D eigenvalue weighted by Crippen LogP contribution is -2.60. The number of hydrogen-bond acceptors (Lipinski definition) is 6. The van der Waals surface area contributed by atoms with Gasteiger partial charge in [-0.25, -0.2) is 0 Å². The van der Waals surface area contributed by atoms with Gasteiger partial charge in [0.05, 0.1) is 18.8 Å². The number of fused-ring (bicyclic) bond motifs is 4. The van der Waals surface area contributed by atoms with Crippen LogP contribution in [0.3, 0.4) is 0 Å². The molecule has 0 radical (unpaired) electrons. The number of aliphatic hydroxyl groups is 3. The van der Waals surface area contributed by atoms with Crippen LogP contribution < -0.4 is 0 Å². The molecule has 132 valence electrons. The highest BCUT2D eigenvalue weighted by atomic mass is 16.3. The fourth-order valence-electron chi connectivity index (χ4n) is 3.67. The molecule has 4 rings (SSSR count). The largest absolute Gasteiger partial charge is 0.507 e. The number of hydrazine groups is 1. The van der Waals surface area contributed by atoms with E-state index in [0.29, 0.717) is 26.1 Å². The van der Waals surface area contributed by atoms with Crippen LogP contribution in [0.5, 0.6) is 0 Å². The number of benzene rings is 1. The Bertz CT molecular complexity index is 733. The Morgan fingerprint density at radius 3 is 2.64 bits per heavy atom. The first-order valence-corrected chi connectivity index (χ1v) is 8.44. The number of rotatable bonds is 1. The molecule has 1 amide bonds. The lowest BCUT2D eigenvalue weighted by atomic mass is 9.96. The van der Waals surface area contributed by atoms with Crippen LogP contribution in [-0.2, 0) is 4.79 Å². The van der Waals surface area contributed by atoms with E-state index in [-0.39, 0.29) is 23.4 Å². The minimum absolute atomic E-state index is 0.0820. The summed E-state index contributed by atoms with van der Waals surface area (Å²) in [5.74, 6) is -0.673. The molecule has 3 aliphatic rings. The molecule has 4 atom stereocenters. The van der Waals surface area contributed by atoms with Crippen LogP contribution in [0.25, 0.3) is 0 Å². The SMILES string of the molecule is O=C1C2=C(O)C(O)C=CN2N2CN1CCC(O)CC2c1ccccc1. The summed E-state index contributed by atoms with van der Waals surface area (Å²) in [5, 5.41) is 34.1. The molecule has 0 aromatic heterocycles. The van der Waals surface area contributed by atoms with Gasteiger partial charge in [0.15, 0.2) is 11.5 Å². The zero-order valence-corrected chi connectivity index (χ0v) is 13.7. The fraction of sp³-hybridized carbons (Fsp3) is 0.389. The third-order valence-corrected chi connectivity index (χ3v) is 5.02. The highest BCUT2D eigenvalue weighted by molar-refractivity contribution is 5.94. The van der Waals surface area contributed by atoms with Crippen LogP contribution >= 0.6 is 0 Å². The van der Waals surface area contributed by atoms with E-state index >= 15 is 0 Å². The smallest absolute Gasteiger partial charge is 0.276 e. The van der Waals surface area contributed by atoms with Gasteiger partial charge in [-0.15, -0.1) is 0 Å². The Morgan fingerprint density at radius 2 is 1.88 bits per heavy atom. The van der Waals surface area contributed by atoms with E-state index in [4.69, 9.17) is 0 Å². The number of aliphatic hydroxyl groups excluding tert-OH is 3. The first-order valence-electron chi connectivity index (χ1n) is 8.44. The van der Waals surface area contributed by atoms with Gasteiger partial charge in [-0.3, -0.25) is 9.80 Å². The number of carbonyl (C=O) groups is 1. The van der Waals surface area contributed by atoms with Crippen molar-refractivity contribution in [2.45, 2.75) is 31.1 Å². The molecule has 2 bridgehead atoms. The molecule has 0 spiro atoms. The van der Waals surface area contributed by atoms with E-state index in [1.165, 1.54) is 6.08 Å². The van der Waals surface area contributed by atoms with Crippen molar-refractivity contribution in [2.75, 3.05) is 13.2 Å². The minimum atomic E-state index is -1.18. The van der Waals surface area contributed by atoms with Gasteiger partial charge in [0.2, 0.25) is 0 Å². The van der Waals surface area contributed by atoms with Crippen molar-refractivity contribution >= 4 is 5.91 Å². The van der Waals surface area contributed by atoms with Crippen molar-refractivity contribution in [1.82, 2.24) is 14.9 Å². The zero-order chi connectivity index (χ0) is 17.6. The Morgan fingerprint density at radius 1 is 1.12 bits per heavy atom. The van der Waals surface area contributed by atoms with E-state index in [1.807, 2.05) is 35.3 Å². The second-order valence-electron chi connectivity index (χ2n) is 6.62. The van der Waals surface area contributed by atoms with Crippen LogP contribution in [0.4, 0.5) is 0 Å². The molecule has 2 saturated heterocycles. The highest BCUT2D eigenvalue weighted by Gasteiger charge is 2.43. The van der Waals surface area contributed by atoms with Crippen molar-refractivity contribution in [3.8, 4) is 0 Å². The minimum Gasteiger partial charge on any atom is -0.507 e. The van der Waals surface area contributed by atoms with Crippen LogP contribution in [0.1, 0.15) is 24.4 Å². The third-order valence-electron chi connectivity index (χ3n) is 5.02. The second-order valence-corrected chi connectivity index (χ2v) is 6.62. The fourth-order valence-corrected chi connectivity index (χ4v) is 3.67. The zero-order valence-electron chi connectivity index (χ0n) is 13.7. The Balaban J connectivity index is 1.80. The summed E-state index contributed by atoms with van der Waals surface area (Å²) in [6, 6.07) is 9.64. The molecule has 7 heteroatoms. The molecule has 3 heterocycles. The van der Waals surface area contributed by atoms with Gasteiger partial charge >= 0.3 is 0 Å². The first-order chi connectivity index (χ1) is 12.1. The summed E-state index contributed by atoms with van der Waals surface area (Å²) in [5.41, 5.74) is 1.11. The molecule has 1 aromatic carbocycles.